The van der Waals surface area contributed by atoms with Gasteiger partial charge in [0.05, 0.1) is 0 Å². The van der Waals surface area contributed by atoms with Crippen molar-refractivity contribution in [3.8, 4) is 0 Å². The third-order valence-electron chi connectivity index (χ3n) is 0.743. The Morgan fingerprint density at radius 2 is 2.86 bits per heavy atom. The van der Waals surface area contributed by atoms with Crippen LogP contribution in [0.5, 0.6) is 0 Å². The highest BCUT2D eigenvalue weighted by Crippen LogP contribution is 1.82. The van der Waals surface area contributed by atoms with E-state index in [0.717, 1.165) is 0 Å². The van der Waals surface area contributed by atoms with Gasteiger partial charge in [0, 0.05) is 0 Å². The van der Waals surface area contributed by atoms with E-state index >= 15 is 0 Å². The summed E-state index contributed by atoms with van der Waals surface area (Å²) in [4.78, 5) is 10.2. The zero-order valence-corrected chi connectivity index (χ0v) is 4.18. The molecular formula is C4H9NO2. The average Bonchev–Trinajstić information content (AvgIpc) is 1.84. The molecule has 0 aliphatic heterocycles. The molecule has 0 aromatic heterocycles. The van der Waals surface area contributed by atoms with E-state index in [2.05, 4.69) is 5.11 Å². The second kappa shape index (κ2) is 2.58. The minimum absolute atomic E-state index is 0.512. The van der Waals surface area contributed by atoms with Crippen LogP contribution in [-0.2, 0) is 4.79 Å². The lowest BCUT2D eigenvalue weighted by Crippen LogP contribution is -2.28. The molecule has 0 aliphatic carbocycles. The lowest BCUT2D eigenvalue weighted by atomic mass is 10.2. The van der Waals surface area contributed by atoms with Crippen LogP contribution in [0.3, 0.4) is 0 Å². The van der Waals surface area contributed by atoms with Crippen LogP contribution in [0.15, 0.2) is 0 Å². The van der Waals surface area contributed by atoms with Gasteiger partial charge in [-0.25, -0.2) is 0 Å². The lowest BCUT2D eigenvalue weighted by Gasteiger charge is -1.97. The van der Waals surface area contributed by atoms with Crippen molar-refractivity contribution in [1.29, 1.82) is 1.43 Å². The summed E-state index contributed by atoms with van der Waals surface area (Å²) in [5.41, 5.74) is 5.13. The highest BCUT2D eigenvalue weighted by molar-refractivity contribution is 5.72. The molecule has 1 atom stereocenters. The second-order valence-corrected chi connectivity index (χ2v) is 1.33. The molecule has 3 N–H and O–H groups in total. The van der Waals surface area contributed by atoms with E-state index in [-0.39, 0.29) is 0 Å². The first-order valence-electron chi connectivity index (χ1n) is 2.55. The third kappa shape index (κ3) is 2.17. The van der Waals surface area contributed by atoms with Crippen LogP contribution in [-0.4, -0.2) is 17.1 Å². The van der Waals surface area contributed by atoms with Gasteiger partial charge in [-0.05, 0) is 6.42 Å². The molecule has 0 aliphatic rings. The van der Waals surface area contributed by atoms with Crippen molar-refractivity contribution in [1.82, 2.24) is 0 Å². The maximum Gasteiger partial charge on any atom is 0.320 e. The molecule has 0 rings (SSSR count). The second-order valence-electron chi connectivity index (χ2n) is 1.33. The molecule has 0 bridgehead atoms. The first kappa shape index (κ1) is 4.59. The number of aliphatic carboxylic acids is 1. The molecule has 3 heteroatoms. The predicted octanol–water partition coefficient (Wildman–Crippen LogP) is -0.192. The van der Waals surface area contributed by atoms with Crippen molar-refractivity contribution in [2.24, 2.45) is 5.73 Å². The molecule has 0 radical (unpaired) electrons. The highest BCUT2D eigenvalue weighted by Gasteiger charge is 2.05. The van der Waals surface area contributed by atoms with Crippen molar-refractivity contribution in [3.63, 3.8) is 0 Å². The third-order valence-corrected chi connectivity index (χ3v) is 0.743. The van der Waals surface area contributed by atoms with Gasteiger partial charge >= 0.3 is 5.97 Å². The lowest BCUT2D eigenvalue weighted by molar-refractivity contribution is -0.138. The Hall–Kier alpha value is -0.570. The Labute approximate surface area is 43.6 Å². The van der Waals surface area contributed by atoms with E-state index in [9.17, 15) is 4.79 Å². The number of carbonyl (C=O) groups is 1. The zero-order chi connectivity index (χ0) is 6.57. The molecule has 0 fully saturated rings. The first-order chi connectivity index (χ1) is 3.72. The molecular weight excluding hydrogens is 94.0 g/mol. The van der Waals surface area contributed by atoms with Crippen molar-refractivity contribution in [3.05, 3.63) is 0 Å². The molecule has 0 saturated carbocycles. The van der Waals surface area contributed by atoms with Gasteiger partial charge in [0.25, 0.3) is 1.43 Å². The average molecular weight is 104 g/mol. The predicted molar refractivity (Wildman–Crippen MR) is 25.9 cm³/mol. The zero-order valence-electron chi connectivity index (χ0n) is 5.18. The molecule has 0 aromatic rings. The standard InChI is InChI=1S/C4H9NO2/c1-2-3(5)4(6)7/h3H,2,5H2,1H3,(H,6,7)/i/hD. The minimum Gasteiger partial charge on any atom is -0.480 e. The Balaban J connectivity index is 3.46. The quantitative estimate of drug-likeness (QED) is 0.510. The number of carboxylic acids is 1. The van der Waals surface area contributed by atoms with Gasteiger partial charge in [-0.3, -0.25) is 4.79 Å². The van der Waals surface area contributed by atoms with Crippen molar-refractivity contribution < 1.29 is 9.90 Å². The Morgan fingerprint density at radius 1 is 2.29 bits per heavy atom. The fraction of sp³-hybridized carbons (Fsp3) is 0.750. The first-order valence-corrected chi connectivity index (χ1v) is 2.15. The number of hydrogen-bond donors (Lipinski definition) is 2. The van der Waals surface area contributed by atoms with Gasteiger partial charge in [-0.2, -0.15) is 0 Å². The summed E-state index contributed by atoms with van der Waals surface area (Å²) in [6.07, 6.45) is 0.512. The van der Waals surface area contributed by atoms with Crippen molar-refractivity contribution in [2.45, 2.75) is 19.4 Å². The molecule has 3 nitrogen and oxygen atoms in total. The van der Waals surface area contributed by atoms with E-state index in [4.69, 9.17) is 7.16 Å². The van der Waals surface area contributed by atoms with E-state index in [1.165, 1.54) is 0 Å². The Kier molecular flexibility index (Phi) is 1.69. The van der Waals surface area contributed by atoms with Crippen molar-refractivity contribution in [2.75, 3.05) is 0 Å². The summed E-state index contributed by atoms with van der Waals surface area (Å²) in [5, 5.41) is 3.59. The molecule has 0 aromatic carbocycles. The number of nitrogens with two attached hydrogens (primary N) is 1. The molecule has 42 valence electrons. The van der Waals surface area contributed by atoms with Gasteiger partial charge in [0.15, 0.2) is 0 Å². The Bertz CT molecular complexity index is 86.1. The number of rotatable bonds is 2. The molecule has 7 heavy (non-hydrogen) atoms. The van der Waals surface area contributed by atoms with E-state index in [1.54, 1.807) is 6.92 Å². The summed E-state index contributed by atoms with van der Waals surface area (Å²) in [6.45, 7) is 1.75. The monoisotopic (exact) mass is 104 g/mol. The maximum absolute atomic E-state index is 10.2. The van der Waals surface area contributed by atoms with Crippen molar-refractivity contribution >= 4 is 5.97 Å². The topological polar surface area (TPSA) is 63.3 Å². The largest absolute Gasteiger partial charge is 0.480 e. The van der Waals surface area contributed by atoms with Gasteiger partial charge in [-0.1, -0.05) is 6.92 Å². The van der Waals surface area contributed by atoms with Crippen LogP contribution >= 0.6 is 0 Å². The molecule has 0 spiro atoms. The Morgan fingerprint density at radius 3 is 3.00 bits per heavy atom. The van der Waals surface area contributed by atoms with Crippen LogP contribution in [0, 0.1) is 0 Å². The highest BCUT2D eigenvalue weighted by atomic mass is 16.4. The van der Waals surface area contributed by atoms with E-state index in [0.29, 0.717) is 6.42 Å². The number of hydrogen-bond acceptors (Lipinski definition) is 3. The SMILES string of the molecule is [2H]OC(=O)C(N)CC. The number of carboxylic acid groups (broad SMARTS) is 1. The summed E-state index contributed by atoms with van der Waals surface area (Å²) >= 11 is 0. The smallest absolute Gasteiger partial charge is 0.320 e. The van der Waals surface area contributed by atoms with E-state index < -0.39 is 12.0 Å². The van der Waals surface area contributed by atoms with Crippen LogP contribution in [0.4, 0.5) is 0 Å². The van der Waals surface area contributed by atoms with Gasteiger partial charge < -0.3 is 10.8 Å². The maximum atomic E-state index is 10.2. The molecule has 0 saturated heterocycles. The molecule has 1 unspecified atom stereocenters. The van der Waals surface area contributed by atoms with Gasteiger partial charge in [0.1, 0.15) is 6.04 Å². The summed E-state index contributed by atoms with van der Waals surface area (Å²) in [5.74, 6) is -0.674. The van der Waals surface area contributed by atoms with Gasteiger partial charge in [0.2, 0.25) is 0 Å². The molecule has 0 heterocycles. The van der Waals surface area contributed by atoms with Gasteiger partial charge in [-0.15, -0.1) is 0 Å². The van der Waals surface area contributed by atoms with Crippen LogP contribution in [0.1, 0.15) is 13.3 Å². The fourth-order valence-electron chi connectivity index (χ4n) is 0.167. The fourth-order valence-corrected chi connectivity index (χ4v) is 0.167. The summed E-state index contributed by atoms with van der Waals surface area (Å²) in [7, 11) is 0. The summed E-state index contributed by atoms with van der Waals surface area (Å²) < 4.78 is 6.11. The normalized spacial score (nSPS) is 14.9. The molecule has 0 amide bonds. The van der Waals surface area contributed by atoms with E-state index in [1.807, 2.05) is 0 Å². The van der Waals surface area contributed by atoms with Crippen LogP contribution < -0.4 is 5.73 Å². The van der Waals surface area contributed by atoms with Crippen LogP contribution in [0.2, 0.25) is 0 Å². The minimum atomic E-state index is -0.674. The van der Waals surface area contributed by atoms with Crippen LogP contribution in [0.25, 0.3) is 1.43 Å². The summed E-state index contributed by atoms with van der Waals surface area (Å²) in [6, 6.07) is -0.632.